The van der Waals surface area contributed by atoms with Crippen LogP contribution < -0.4 is 5.32 Å². The van der Waals surface area contributed by atoms with Crippen LogP contribution in [0.4, 0.5) is 0 Å². The highest BCUT2D eigenvalue weighted by atomic mass is 16.5. The molecule has 0 aliphatic rings. The molecule has 0 aromatic carbocycles. The van der Waals surface area contributed by atoms with Gasteiger partial charge in [-0.1, -0.05) is 75.3 Å². The number of rotatable bonds is 21. The van der Waals surface area contributed by atoms with Gasteiger partial charge in [-0.05, 0) is 50.8 Å². The molecule has 0 radical (unpaired) electrons. The van der Waals surface area contributed by atoms with Crippen molar-refractivity contribution in [1.82, 2.24) is 5.32 Å². The number of carbonyl (C=O) groups excluding carboxylic acids is 1. The van der Waals surface area contributed by atoms with Crippen molar-refractivity contribution < 1.29 is 14.3 Å². The van der Waals surface area contributed by atoms with Gasteiger partial charge in [-0.2, -0.15) is 0 Å². The fourth-order valence-corrected chi connectivity index (χ4v) is 3.73. The van der Waals surface area contributed by atoms with E-state index in [-0.39, 0.29) is 11.7 Å². The highest BCUT2D eigenvalue weighted by molar-refractivity contribution is 6.41. The fraction of sp³-hybridized carbons (Fsp3) is 0.600. The molecule has 0 bridgehead atoms. The molecule has 0 aromatic heterocycles. The summed E-state index contributed by atoms with van der Waals surface area (Å²) in [4.78, 5) is 17.4. The zero-order chi connectivity index (χ0) is 26.3. The minimum absolute atomic E-state index is 0.0389. The average molecular weight is 487 g/mol. The summed E-state index contributed by atoms with van der Waals surface area (Å²) in [6, 6.07) is 0. The summed E-state index contributed by atoms with van der Waals surface area (Å²) in [5.74, 6) is 0.120. The van der Waals surface area contributed by atoms with Gasteiger partial charge in [-0.25, -0.2) is 0 Å². The van der Waals surface area contributed by atoms with Crippen LogP contribution in [-0.2, 0) is 14.3 Å². The topological polar surface area (TPSA) is 59.9 Å². The molecule has 0 amide bonds. The molecule has 0 aliphatic heterocycles. The lowest BCUT2D eigenvalue weighted by Gasteiger charge is -2.20. The van der Waals surface area contributed by atoms with Crippen LogP contribution in [0.5, 0.6) is 0 Å². The lowest BCUT2D eigenvalue weighted by Crippen LogP contribution is -2.26. The van der Waals surface area contributed by atoms with Gasteiger partial charge in [-0.3, -0.25) is 9.79 Å². The minimum Gasteiger partial charge on any atom is -0.383 e. The summed E-state index contributed by atoms with van der Waals surface area (Å²) in [6.07, 6.45) is 17.5. The lowest BCUT2D eigenvalue weighted by atomic mass is 9.88. The van der Waals surface area contributed by atoms with Gasteiger partial charge >= 0.3 is 0 Å². The molecule has 0 saturated carbocycles. The van der Waals surface area contributed by atoms with Gasteiger partial charge in [0.25, 0.3) is 0 Å². The molecule has 1 N–H and O–H groups in total. The van der Waals surface area contributed by atoms with Crippen molar-refractivity contribution in [3.63, 3.8) is 0 Å². The average Bonchev–Trinajstić information content (AvgIpc) is 2.86. The van der Waals surface area contributed by atoms with Crippen LogP contribution in [0.3, 0.4) is 0 Å². The van der Waals surface area contributed by atoms with Gasteiger partial charge < -0.3 is 14.8 Å². The molecule has 0 fully saturated rings. The third kappa shape index (κ3) is 15.5. The molecule has 0 spiro atoms. The van der Waals surface area contributed by atoms with Gasteiger partial charge in [0.1, 0.15) is 0 Å². The molecule has 0 aromatic rings. The first-order valence-electron chi connectivity index (χ1n) is 13.0. The second kappa shape index (κ2) is 22.4. The fourth-order valence-electron chi connectivity index (χ4n) is 3.73. The van der Waals surface area contributed by atoms with E-state index in [1.165, 1.54) is 5.57 Å². The number of ketones is 1. The number of aliphatic imine (C=N–C) groups is 1. The molecule has 1 unspecified atom stereocenters. The van der Waals surface area contributed by atoms with E-state index in [9.17, 15) is 4.79 Å². The molecule has 5 nitrogen and oxygen atoms in total. The van der Waals surface area contributed by atoms with Crippen molar-refractivity contribution in [2.24, 2.45) is 10.9 Å². The monoisotopic (exact) mass is 486 g/mol. The first kappa shape index (κ1) is 32.9. The number of nitrogens with zero attached hydrogens (tertiary/aromatic N) is 1. The Morgan fingerprint density at radius 3 is 2.51 bits per heavy atom. The van der Waals surface area contributed by atoms with Crippen molar-refractivity contribution in [3.05, 3.63) is 59.8 Å². The number of hydrogen-bond donors (Lipinski definition) is 1. The third-order valence-electron chi connectivity index (χ3n) is 6.07. The van der Waals surface area contributed by atoms with E-state index in [2.05, 4.69) is 37.7 Å². The normalized spacial score (nSPS) is 14.6. The van der Waals surface area contributed by atoms with Crippen LogP contribution in [-0.4, -0.2) is 58.6 Å². The Balaban J connectivity index is 4.73. The second-order valence-corrected chi connectivity index (χ2v) is 8.62. The van der Waals surface area contributed by atoms with E-state index in [0.29, 0.717) is 25.3 Å². The first-order valence-corrected chi connectivity index (χ1v) is 13.0. The Kier molecular flexibility index (Phi) is 21.1. The van der Waals surface area contributed by atoms with Crippen molar-refractivity contribution in [2.75, 3.05) is 47.1 Å². The quantitative estimate of drug-likeness (QED) is 0.0878. The summed E-state index contributed by atoms with van der Waals surface area (Å²) in [5, 5.41) is 3.36. The zero-order valence-electron chi connectivity index (χ0n) is 23.2. The smallest absolute Gasteiger partial charge is 0.177 e. The molecular formula is C30H50N2O3. The maximum absolute atomic E-state index is 13.0. The summed E-state index contributed by atoms with van der Waals surface area (Å²) in [7, 11) is 3.44. The summed E-state index contributed by atoms with van der Waals surface area (Å²) >= 11 is 0. The van der Waals surface area contributed by atoms with E-state index >= 15 is 0 Å². The number of Topliss-reactive ketones (excluding diaryl/α,β-unsaturated/α-hetero) is 1. The maximum atomic E-state index is 13.0. The molecule has 0 rings (SSSR count). The number of allylic oxidation sites excluding steroid dienone is 7. The van der Waals surface area contributed by atoms with E-state index in [1.807, 2.05) is 37.3 Å². The number of nitrogens with one attached hydrogen (secondary N) is 1. The van der Waals surface area contributed by atoms with Crippen LogP contribution in [0.1, 0.15) is 66.2 Å². The van der Waals surface area contributed by atoms with Gasteiger partial charge in [-0.15, -0.1) is 0 Å². The van der Waals surface area contributed by atoms with Crippen LogP contribution >= 0.6 is 0 Å². The van der Waals surface area contributed by atoms with E-state index in [0.717, 1.165) is 62.9 Å². The highest BCUT2D eigenvalue weighted by Gasteiger charge is 2.22. The summed E-state index contributed by atoms with van der Waals surface area (Å²) in [5.41, 5.74) is 4.20. The SMILES string of the molecule is C=C\C=C/C(/C=C/COC/C(=C(/C)CC)C(C)C(=NC)C(=O)CCCCCCNCCOC)=C\C. The van der Waals surface area contributed by atoms with Crippen LogP contribution in [0.15, 0.2) is 64.7 Å². The van der Waals surface area contributed by atoms with Crippen LogP contribution in [0.25, 0.3) is 0 Å². The molecule has 0 heterocycles. The number of carbonyl (C=O) groups is 1. The number of ether oxygens (including phenoxy) is 2. The third-order valence-corrected chi connectivity index (χ3v) is 6.07. The number of hydrogen-bond acceptors (Lipinski definition) is 5. The molecular weight excluding hydrogens is 436 g/mol. The summed E-state index contributed by atoms with van der Waals surface area (Å²) in [6.45, 7) is 15.7. The molecule has 1 atom stereocenters. The molecule has 35 heavy (non-hydrogen) atoms. The van der Waals surface area contributed by atoms with Crippen molar-refractivity contribution in [1.29, 1.82) is 0 Å². The van der Waals surface area contributed by atoms with Gasteiger partial charge in [0.05, 0.1) is 25.5 Å². The Labute approximate surface area is 215 Å². The molecule has 198 valence electrons. The Morgan fingerprint density at radius 2 is 1.89 bits per heavy atom. The molecule has 0 saturated heterocycles. The lowest BCUT2D eigenvalue weighted by molar-refractivity contribution is -0.113. The molecule has 5 heteroatoms. The second-order valence-electron chi connectivity index (χ2n) is 8.62. The van der Waals surface area contributed by atoms with Gasteiger partial charge in [0, 0.05) is 33.0 Å². The van der Waals surface area contributed by atoms with Gasteiger partial charge in [0.2, 0.25) is 0 Å². The van der Waals surface area contributed by atoms with Gasteiger partial charge in [0.15, 0.2) is 5.78 Å². The van der Waals surface area contributed by atoms with E-state index in [1.54, 1.807) is 20.2 Å². The largest absolute Gasteiger partial charge is 0.383 e. The van der Waals surface area contributed by atoms with Crippen molar-refractivity contribution >= 4 is 11.5 Å². The standard InChI is InChI=1S/C30H50N2O3/c1-8-11-17-27(10-3)18-16-22-35-24-28(25(4)9-2)26(5)30(31-6)29(33)19-14-12-13-15-20-32-21-23-34-7/h8,10-11,16-18,26,32H,1,9,12-15,19-24H2,2-7H3/b17-11-,18-16+,27-10+,28-25+,31-30?. The Morgan fingerprint density at radius 1 is 1.14 bits per heavy atom. The number of methoxy groups -OCH3 is 1. The zero-order valence-corrected chi connectivity index (χ0v) is 23.2. The molecule has 0 aliphatic carbocycles. The Bertz CT molecular complexity index is 745. The summed E-state index contributed by atoms with van der Waals surface area (Å²) < 4.78 is 11.0. The predicted molar refractivity (Wildman–Crippen MR) is 151 cm³/mol. The van der Waals surface area contributed by atoms with Crippen LogP contribution in [0, 0.1) is 5.92 Å². The number of unbranched alkanes of at least 4 members (excludes halogenated alkanes) is 3. The Hall–Kier alpha value is -2.08. The van der Waals surface area contributed by atoms with Crippen LogP contribution in [0.2, 0.25) is 0 Å². The first-order chi connectivity index (χ1) is 17.0. The maximum Gasteiger partial charge on any atom is 0.177 e. The van der Waals surface area contributed by atoms with E-state index < -0.39 is 0 Å². The van der Waals surface area contributed by atoms with E-state index in [4.69, 9.17) is 9.47 Å². The predicted octanol–water partition coefficient (Wildman–Crippen LogP) is 6.44. The highest BCUT2D eigenvalue weighted by Crippen LogP contribution is 2.21. The van der Waals surface area contributed by atoms with Crippen molar-refractivity contribution in [3.8, 4) is 0 Å². The minimum atomic E-state index is -0.0389. The van der Waals surface area contributed by atoms with Crippen molar-refractivity contribution in [2.45, 2.75) is 66.2 Å².